The first kappa shape index (κ1) is 29.7. The minimum atomic E-state index is -0.438. The Kier molecular flexibility index (Phi) is 7.94. The van der Waals surface area contributed by atoms with Crippen LogP contribution in [-0.2, 0) is 9.47 Å². The number of esters is 2. The summed E-state index contributed by atoms with van der Waals surface area (Å²) in [4.78, 5) is 25.8. The molecule has 0 aromatic heterocycles. The van der Waals surface area contributed by atoms with Crippen LogP contribution >= 0.6 is 0 Å². The molecule has 2 heterocycles. The van der Waals surface area contributed by atoms with Gasteiger partial charge >= 0.3 is 11.9 Å². The highest BCUT2D eigenvalue weighted by molar-refractivity contribution is 5.97. The van der Waals surface area contributed by atoms with E-state index in [-0.39, 0.29) is 12.2 Å². The lowest BCUT2D eigenvalue weighted by Gasteiger charge is -2.09. The van der Waals surface area contributed by atoms with Crippen molar-refractivity contribution in [3.8, 4) is 34.1 Å². The number of ether oxygens (including phenoxy) is 6. The lowest BCUT2D eigenvalue weighted by atomic mass is 10.1. The molecule has 0 radical (unpaired) electrons. The highest BCUT2D eigenvalue weighted by atomic mass is 16.6. The van der Waals surface area contributed by atoms with E-state index in [1.807, 2.05) is 84.9 Å². The first-order chi connectivity index (χ1) is 23.5. The third-order valence-corrected chi connectivity index (χ3v) is 8.23. The maximum Gasteiger partial charge on any atom is 0.343 e. The average molecular weight is 639 g/mol. The molecule has 6 aromatic rings. The molecule has 0 saturated carbocycles. The molecule has 0 N–H and O–H groups in total. The second kappa shape index (κ2) is 12.8. The van der Waals surface area contributed by atoms with Crippen LogP contribution in [-0.4, -0.2) is 50.6 Å². The van der Waals surface area contributed by atoms with Gasteiger partial charge in [0, 0.05) is 0 Å². The number of carbonyl (C=O) groups excluding carboxylic acids is 2. The van der Waals surface area contributed by atoms with E-state index in [0.717, 1.165) is 57.4 Å². The molecule has 8 rings (SSSR count). The number of hydrogen-bond donors (Lipinski definition) is 0. The van der Waals surface area contributed by atoms with Crippen LogP contribution in [0.5, 0.6) is 23.0 Å². The van der Waals surface area contributed by atoms with Crippen LogP contribution in [0.4, 0.5) is 0 Å². The molecule has 6 aromatic carbocycles. The quantitative estimate of drug-likeness (QED) is 0.0811. The van der Waals surface area contributed by atoms with E-state index < -0.39 is 11.9 Å². The molecule has 2 aliphatic heterocycles. The lowest BCUT2D eigenvalue weighted by molar-refractivity contribution is 0.0725. The van der Waals surface area contributed by atoms with Gasteiger partial charge in [-0.05, 0) is 105 Å². The van der Waals surface area contributed by atoms with E-state index in [9.17, 15) is 9.59 Å². The van der Waals surface area contributed by atoms with Crippen molar-refractivity contribution in [1.29, 1.82) is 0 Å². The smallest absolute Gasteiger partial charge is 0.343 e. The third-order valence-electron chi connectivity index (χ3n) is 8.23. The second-order valence-electron chi connectivity index (χ2n) is 11.8. The summed E-state index contributed by atoms with van der Waals surface area (Å²) >= 11 is 0. The first-order valence-corrected chi connectivity index (χ1v) is 15.7. The summed E-state index contributed by atoms with van der Waals surface area (Å²) in [6.45, 7) is 2.57. The Labute approximate surface area is 276 Å². The van der Waals surface area contributed by atoms with Gasteiger partial charge in [0.15, 0.2) is 0 Å². The Balaban J connectivity index is 0.868. The van der Waals surface area contributed by atoms with E-state index in [1.165, 1.54) is 0 Å². The van der Waals surface area contributed by atoms with Gasteiger partial charge in [-0.25, -0.2) is 9.59 Å². The molecule has 8 nitrogen and oxygen atoms in total. The maximum absolute atomic E-state index is 12.9. The highest BCUT2D eigenvalue weighted by Gasteiger charge is 2.24. The number of epoxide rings is 2. The Morgan fingerprint density at radius 2 is 0.833 bits per heavy atom. The summed E-state index contributed by atoms with van der Waals surface area (Å²) in [6, 6.07) is 37.0. The molecular weight excluding hydrogens is 608 g/mol. The van der Waals surface area contributed by atoms with Crippen LogP contribution in [0.25, 0.3) is 32.7 Å². The fourth-order valence-corrected chi connectivity index (χ4v) is 5.35. The van der Waals surface area contributed by atoms with Crippen molar-refractivity contribution in [2.75, 3.05) is 26.4 Å². The normalized spacial score (nSPS) is 16.3. The largest absolute Gasteiger partial charge is 0.491 e. The van der Waals surface area contributed by atoms with Crippen LogP contribution in [0.3, 0.4) is 0 Å². The summed E-state index contributed by atoms with van der Waals surface area (Å²) in [5.41, 5.74) is 2.76. The number of rotatable bonds is 11. The van der Waals surface area contributed by atoms with Crippen LogP contribution in [0.2, 0.25) is 0 Å². The molecule has 2 fully saturated rings. The van der Waals surface area contributed by atoms with Gasteiger partial charge in [-0.15, -0.1) is 0 Å². The number of hydrogen-bond acceptors (Lipinski definition) is 8. The van der Waals surface area contributed by atoms with Crippen molar-refractivity contribution in [2.45, 2.75) is 12.2 Å². The molecule has 2 saturated heterocycles. The van der Waals surface area contributed by atoms with E-state index in [0.29, 0.717) is 35.8 Å². The van der Waals surface area contributed by atoms with Gasteiger partial charge in [0.2, 0.25) is 0 Å². The summed E-state index contributed by atoms with van der Waals surface area (Å²) in [6.07, 6.45) is 0.381. The van der Waals surface area contributed by atoms with Gasteiger partial charge in [-0.2, -0.15) is 0 Å². The maximum atomic E-state index is 12.9. The molecule has 238 valence electrons. The lowest BCUT2D eigenvalue weighted by Crippen LogP contribution is -2.08. The van der Waals surface area contributed by atoms with Crippen molar-refractivity contribution in [2.24, 2.45) is 0 Å². The molecule has 48 heavy (non-hydrogen) atoms. The molecule has 0 bridgehead atoms. The predicted molar refractivity (Wildman–Crippen MR) is 180 cm³/mol. The van der Waals surface area contributed by atoms with Crippen LogP contribution in [0.15, 0.2) is 121 Å². The van der Waals surface area contributed by atoms with Crippen molar-refractivity contribution in [1.82, 2.24) is 0 Å². The molecule has 2 atom stereocenters. The third kappa shape index (κ3) is 7.00. The minimum absolute atomic E-state index is 0.191. The van der Waals surface area contributed by atoms with Crippen molar-refractivity contribution < 1.29 is 38.0 Å². The fraction of sp³-hybridized carbons (Fsp3) is 0.150. The zero-order valence-corrected chi connectivity index (χ0v) is 25.8. The zero-order valence-electron chi connectivity index (χ0n) is 25.8. The molecule has 2 aliphatic rings. The number of carbonyl (C=O) groups is 2. The van der Waals surface area contributed by atoms with Crippen molar-refractivity contribution in [3.63, 3.8) is 0 Å². The topological polar surface area (TPSA) is 96.1 Å². The van der Waals surface area contributed by atoms with Crippen molar-refractivity contribution >= 4 is 33.5 Å². The molecule has 0 spiro atoms. The number of benzene rings is 6. The van der Waals surface area contributed by atoms with E-state index in [1.54, 1.807) is 36.4 Å². The van der Waals surface area contributed by atoms with E-state index >= 15 is 0 Å². The summed E-state index contributed by atoms with van der Waals surface area (Å²) in [7, 11) is 0. The average Bonchev–Trinajstić information content (AvgIpc) is 4.06. The fourth-order valence-electron chi connectivity index (χ4n) is 5.35. The number of fused-ring (bicyclic) bond motifs is 2. The Hall–Kier alpha value is -5.70. The van der Waals surface area contributed by atoms with Gasteiger partial charge in [-0.1, -0.05) is 48.5 Å². The molecule has 0 amide bonds. The first-order valence-electron chi connectivity index (χ1n) is 15.7. The van der Waals surface area contributed by atoms with E-state index in [4.69, 9.17) is 28.4 Å². The Morgan fingerprint density at radius 3 is 1.23 bits per heavy atom. The van der Waals surface area contributed by atoms with Gasteiger partial charge < -0.3 is 28.4 Å². The minimum Gasteiger partial charge on any atom is -0.491 e. The van der Waals surface area contributed by atoms with Gasteiger partial charge in [0.05, 0.1) is 24.3 Å². The van der Waals surface area contributed by atoms with Crippen molar-refractivity contribution in [3.05, 3.63) is 132 Å². The monoisotopic (exact) mass is 638 g/mol. The highest BCUT2D eigenvalue weighted by Crippen LogP contribution is 2.28. The molecule has 0 aliphatic carbocycles. The summed E-state index contributed by atoms with van der Waals surface area (Å²) < 4.78 is 33.2. The Bertz CT molecular complexity index is 1980. The molecular formula is C40H30O8. The van der Waals surface area contributed by atoms with Gasteiger partial charge in [0.1, 0.15) is 48.4 Å². The van der Waals surface area contributed by atoms with Crippen LogP contribution < -0.4 is 18.9 Å². The predicted octanol–water partition coefficient (Wildman–Crippen LogP) is 7.65. The van der Waals surface area contributed by atoms with Gasteiger partial charge in [0.25, 0.3) is 0 Å². The summed E-state index contributed by atoms with van der Waals surface area (Å²) in [5, 5.41) is 3.78. The SMILES string of the molecule is O=C(Oc1ccc(-c2ccc(OC(=O)c3ccc4cc(OCC5CO5)ccc4c3)cc2)cc1)c1ccc2cc(OCC3CO3)ccc2c1. The summed E-state index contributed by atoms with van der Waals surface area (Å²) in [5.74, 6) is 1.54. The zero-order chi connectivity index (χ0) is 32.5. The second-order valence-corrected chi connectivity index (χ2v) is 11.8. The van der Waals surface area contributed by atoms with E-state index in [2.05, 4.69) is 0 Å². The standard InChI is InChI=1S/C40H30O8/c41-39(31-3-1-29-19-35(15-9-27(29)17-31)43-21-37-23-45-37)47-33-11-5-25(6-12-33)26-7-13-34(14-8-26)48-40(42)32-4-2-30-20-36(16-10-28(30)18-32)44-22-38-24-46-38/h1-20,37-38H,21-24H2. The van der Waals surface area contributed by atoms with Crippen LogP contribution in [0, 0.1) is 0 Å². The Morgan fingerprint density at radius 1 is 0.479 bits per heavy atom. The van der Waals surface area contributed by atoms with Crippen LogP contribution in [0.1, 0.15) is 20.7 Å². The van der Waals surface area contributed by atoms with Gasteiger partial charge in [-0.3, -0.25) is 0 Å². The molecule has 2 unspecified atom stereocenters. The molecule has 8 heteroatoms.